The molecule has 0 atom stereocenters. The average Bonchev–Trinajstić information content (AvgIpc) is 3.18. The number of ether oxygens (including phenoxy) is 1. The Morgan fingerprint density at radius 3 is 2.72 bits per heavy atom. The van der Waals surface area contributed by atoms with Gasteiger partial charge in [-0.25, -0.2) is 14.5 Å². The number of rotatable bonds is 8. The van der Waals surface area contributed by atoms with Crippen LogP contribution in [0.2, 0.25) is 0 Å². The minimum absolute atomic E-state index is 0.124. The van der Waals surface area contributed by atoms with E-state index < -0.39 is 0 Å². The van der Waals surface area contributed by atoms with E-state index in [4.69, 9.17) is 4.74 Å². The van der Waals surface area contributed by atoms with Crippen molar-refractivity contribution in [3.8, 4) is 17.1 Å². The third-order valence-electron chi connectivity index (χ3n) is 4.43. The van der Waals surface area contributed by atoms with Crippen LogP contribution in [0.3, 0.4) is 0 Å². The van der Waals surface area contributed by atoms with Crippen LogP contribution in [0.4, 0.5) is 5.69 Å². The highest BCUT2D eigenvalue weighted by Crippen LogP contribution is 2.24. The molecule has 0 saturated carbocycles. The number of hydrogen-bond acceptors (Lipinski definition) is 7. The molecule has 0 radical (unpaired) electrons. The van der Waals surface area contributed by atoms with Crippen LogP contribution in [0, 0.1) is 0 Å². The second-order valence-electron chi connectivity index (χ2n) is 6.67. The molecule has 4 rings (SSSR count). The third kappa shape index (κ3) is 5.14. The van der Waals surface area contributed by atoms with Gasteiger partial charge in [-0.15, -0.1) is 11.8 Å². The van der Waals surface area contributed by atoms with Crippen molar-refractivity contribution in [1.29, 1.82) is 0 Å². The monoisotopic (exact) mass is 467 g/mol. The maximum absolute atomic E-state index is 12.5. The van der Waals surface area contributed by atoms with Crippen molar-refractivity contribution in [3.63, 3.8) is 0 Å². The van der Waals surface area contributed by atoms with E-state index in [1.54, 1.807) is 11.8 Å². The van der Waals surface area contributed by atoms with Gasteiger partial charge in [-0.2, -0.15) is 0 Å². The molecule has 164 valence electrons. The molecule has 0 aliphatic rings. The molecule has 10 heteroatoms. The van der Waals surface area contributed by atoms with Crippen molar-refractivity contribution >= 4 is 40.8 Å². The van der Waals surface area contributed by atoms with Crippen LogP contribution < -0.4 is 15.6 Å². The summed E-state index contributed by atoms with van der Waals surface area (Å²) in [6.07, 6.45) is 1.98. The molecule has 32 heavy (non-hydrogen) atoms. The van der Waals surface area contributed by atoms with Crippen molar-refractivity contribution in [2.75, 3.05) is 23.9 Å². The Balaban J connectivity index is 1.56. The molecule has 1 amide bonds. The predicted molar refractivity (Wildman–Crippen MR) is 128 cm³/mol. The summed E-state index contributed by atoms with van der Waals surface area (Å²) in [4.78, 5) is 34.5. The summed E-state index contributed by atoms with van der Waals surface area (Å²) in [7, 11) is 0. The Hall–Kier alpha value is -3.24. The van der Waals surface area contributed by atoms with Gasteiger partial charge in [0.05, 0.1) is 12.4 Å². The second kappa shape index (κ2) is 9.92. The lowest BCUT2D eigenvalue weighted by atomic mass is 10.2. The molecular formula is C22H21N5O3S2. The van der Waals surface area contributed by atoms with Gasteiger partial charge in [0.1, 0.15) is 5.75 Å². The van der Waals surface area contributed by atoms with E-state index in [9.17, 15) is 9.59 Å². The Bertz CT molecular complexity index is 1300. The number of H-pyrrole nitrogens is 1. The summed E-state index contributed by atoms with van der Waals surface area (Å²) in [5.74, 6) is 1.17. The van der Waals surface area contributed by atoms with Crippen LogP contribution in [0.25, 0.3) is 17.0 Å². The maximum Gasteiger partial charge on any atom is 0.266 e. The van der Waals surface area contributed by atoms with E-state index >= 15 is 0 Å². The number of hydrogen-bond donors (Lipinski definition) is 2. The van der Waals surface area contributed by atoms with Crippen LogP contribution in [0.15, 0.2) is 69.4 Å². The molecule has 0 bridgehead atoms. The van der Waals surface area contributed by atoms with E-state index in [1.165, 1.54) is 22.3 Å². The number of carbonyl (C=O) groups excluding carboxylic acids is 1. The summed E-state index contributed by atoms with van der Waals surface area (Å²) in [6, 6.07) is 16.5. The molecule has 2 aromatic carbocycles. The van der Waals surface area contributed by atoms with Gasteiger partial charge in [0.25, 0.3) is 5.56 Å². The fourth-order valence-electron chi connectivity index (χ4n) is 3.00. The standard InChI is InChI=1S/C22H21N5O3S2/c1-3-30-16-9-7-14(8-10-16)21-24-18-12-19(28)26-27(18)22(25-21)32-13-20(29)23-15-5-4-6-17(11-15)31-2/h4-12H,3,13H2,1-2H3,(H,23,29)(H,26,28). The second-order valence-corrected chi connectivity index (χ2v) is 8.49. The first-order valence-corrected chi connectivity index (χ1v) is 12.1. The van der Waals surface area contributed by atoms with Crippen LogP contribution in [0.5, 0.6) is 5.75 Å². The van der Waals surface area contributed by atoms with Gasteiger partial charge in [-0.1, -0.05) is 17.8 Å². The van der Waals surface area contributed by atoms with Crippen LogP contribution in [-0.2, 0) is 4.79 Å². The lowest BCUT2D eigenvalue weighted by Crippen LogP contribution is -2.15. The van der Waals surface area contributed by atoms with Crippen LogP contribution >= 0.6 is 23.5 Å². The minimum Gasteiger partial charge on any atom is -0.494 e. The zero-order chi connectivity index (χ0) is 22.5. The van der Waals surface area contributed by atoms with E-state index in [0.29, 0.717) is 23.2 Å². The summed E-state index contributed by atoms with van der Waals surface area (Å²) in [6.45, 7) is 2.51. The first kappa shape index (κ1) is 22.0. The highest BCUT2D eigenvalue weighted by molar-refractivity contribution is 7.99. The van der Waals surface area contributed by atoms with Crippen LogP contribution in [-0.4, -0.2) is 44.1 Å². The molecule has 2 N–H and O–H groups in total. The number of benzene rings is 2. The molecule has 0 saturated heterocycles. The summed E-state index contributed by atoms with van der Waals surface area (Å²) >= 11 is 2.83. The smallest absolute Gasteiger partial charge is 0.266 e. The molecule has 8 nitrogen and oxygen atoms in total. The number of amides is 1. The van der Waals surface area contributed by atoms with Crippen molar-refractivity contribution in [1.82, 2.24) is 19.6 Å². The molecule has 0 aliphatic carbocycles. The minimum atomic E-state index is -0.289. The number of anilines is 1. The molecule has 2 aromatic heterocycles. The molecule has 0 spiro atoms. The zero-order valence-corrected chi connectivity index (χ0v) is 19.1. The predicted octanol–water partition coefficient (Wildman–Crippen LogP) is 3.94. The molecule has 0 fully saturated rings. The molecular weight excluding hydrogens is 446 g/mol. The third-order valence-corrected chi connectivity index (χ3v) is 6.10. The lowest BCUT2D eigenvalue weighted by Gasteiger charge is -2.09. The average molecular weight is 468 g/mol. The Labute approximate surface area is 192 Å². The van der Waals surface area contributed by atoms with Crippen molar-refractivity contribution < 1.29 is 9.53 Å². The fraction of sp³-hybridized carbons (Fsp3) is 0.182. The van der Waals surface area contributed by atoms with E-state index in [-0.39, 0.29) is 17.2 Å². The van der Waals surface area contributed by atoms with E-state index in [1.807, 2.05) is 61.7 Å². The summed E-state index contributed by atoms with van der Waals surface area (Å²) < 4.78 is 6.97. The quantitative estimate of drug-likeness (QED) is 0.379. The van der Waals surface area contributed by atoms with Crippen molar-refractivity contribution in [3.05, 3.63) is 65.0 Å². The maximum atomic E-state index is 12.5. The zero-order valence-electron chi connectivity index (χ0n) is 17.5. The number of aromatic amines is 1. The number of nitrogens with one attached hydrogen (secondary N) is 2. The van der Waals surface area contributed by atoms with Crippen molar-refractivity contribution in [2.24, 2.45) is 0 Å². The normalized spacial score (nSPS) is 10.9. The first-order chi connectivity index (χ1) is 15.6. The summed E-state index contributed by atoms with van der Waals surface area (Å²) in [5.41, 5.74) is 1.66. The lowest BCUT2D eigenvalue weighted by molar-refractivity contribution is -0.113. The Morgan fingerprint density at radius 1 is 1.16 bits per heavy atom. The number of fused-ring (bicyclic) bond motifs is 1. The number of nitrogens with zero attached hydrogens (tertiary/aromatic N) is 3. The Morgan fingerprint density at radius 2 is 1.97 bits per heavy atom. The fourth-order valence-corrected chi connectivity index (χ4v) is 4.22. The van der Waals surface area contributed by atoms with Gasteiger partial charge in [0.2, 0.25) is 5.91 Å². The van der Waals surface area contributed by atoms with Gasteiger partial charge in [0, 0.05) is 22.2 Å². The van der Waals surface area contributed by atoms with Gasteiger partial charge in [-0.05, 0) is 55.6 Å². The first-order valence-electron chi connectivity index (χ1n) is 9.85. The number of aromatic nitrogens is 4. The topological polar surface area (TPSA) is 101 Å². The highest BCUT2D eigenvalue weighted by atomic mass is 32.2. The van der Waals surface area contributed by atoms with Gasteiger partial charge in [0.15, 0.2) is 16.6 Å². The van der Waals surface area contributed by atoms with Gasteiger partial charge in [-0.3, -0.25) is 14.7 Å². The molecule has 4 aromatic rings. The molecule has 0 aliphatic heterocycles. The Kier molecular flexibility index (Phi) is 6.81. The van der Waals surface area contributed by atoms with E-state index in [2.05, 4.69) is 20.4 Å². The summed E-state index contributed by atoms with van der Waals surface area (Å²) in [5, 5.41) is 6.04. The number of thioether (sulfide) groups is 2. The van der Waals surface area contributed by atoms with Gasteiger partial charge >= 0.3 is 0 Å². The van der Waals surface area contributed by atoms with E-state index in [0.717, 1.165) is 21.9 Å². The molecule has 0 unspecified atom stereocenters. The number of carbonyl (C=O) groups is 1. The molecule has 2 heterocycles. The highest BCUT2D eigenvalue weighted by Gasteiger charge is 2.14. The van der Waals surface area contributed by atoms with Crippen molar-refractivity contribution in [2.45, 2.75) is 17.0 Å². The largest absolute Gasteiger partial charge is 0.494 e. The van der Waals surface area contributed by atoms with Crippen LogP contribution in [0.1, 0.15) is 6.92 Å². The van der Waals surface area contributed by atoms with Gasteiger partial charge < -0.3 is 10.1 Å². The SMILES string of the molecule is CCOc1ccc(-c2nc(SCC(=O)Nc3cccc(SC)c3)n3[nH]c(=O)cc3n2)cc1.